The molecule has 0 aliphatic carbocycles. The van der Waals surface area contributed by atoms with Crippen LogP contribution in [0, 0.1) is 6.92 Å². The summed E-state index contributed by atoms with van der Waals surface area (Å²) in [5.74, 6) is 0.0918. The van der Waals surface area contributed by atoms with Crippen molar-refractivity contribution in [1.82, 2.24) is 14.4 Å². The average molecular weight is 384 g/mol. The molecule has 3 heterocycles. The molecule has 152 valence electrons. The van der Waals surface area contributed by atoms with E-state index in [2.05, 4.69) is 34.8 Å². The van der Waals surface area contributed by atoms with E-state index in [1.54, 1.807) is 13.8 Å². The van der Waals surface area contributed by atoms with Gasteiger partial charge < -0.3 is 14.6 Å². The van der Waals surface area contributed by atoms with E-state index < -0.39 is 5.60 Å². The van der Waals surface area contributed by atoms with Gasteiger partial charge in [0, 0.05) is 45.1 Å². The van der Waals surface area contributed by atoms with Crippen molar-refractivity contribution in [2.24, 2.45) is 0 Å². The molecule has 0 atom stereocenters. The Hall–Kier alpha value is -2.11. The Morgan fingerprint density at radius 3 is 2.50 bits per heavy atom. The molecule has 2 aromatic rings. The summed E-state index contributed by atoms with van der Waals surface area (Å²) in [6.07, 6.45) is 4.09. The first-order valence-electron chi connectivity index (χ1n) is 10.2. The van der Waals surface area contributed by atoms with Crippen LogP contribution in [0.3, 0.4) is 0 Å². The van der Waals surface area contributed by atoms with Crippen LogP contribution < -0.4 is 0 Å². The quantitative estimate of drug-likeness (QED) is 0.865. The number of amides is 1. The number of nitrogens with zero attached hydrogens (tertiary/aromatic N) is 3. The average Bonchev–Trinajstić information content (AvgIpc) is 3.14. The van der Waals surface area contributed by atoms with Crippen LogP contribution in [0.5, 0.6) is 0 Å². The van der Waals surface area contributed by atoms with Gasteiger partial charge in [-0.05, 0) is 76.1 Å². The maximum Gasteiger partial charge on any atom is 0.253 e. The first-order chi connectivity index (χ1) is 13.2. The van der Waals surface area contributed by atoms with E-state index in [1.165, 1.54) is 5.69 Å². The van der Waals surface area contributed by atoms with Crippen LogP contribution in [0.1, 0.15) is 55.3 Å². The summed E-state index contributed by atoms with van der Waals surface area (Å²) in [5.41, 5.74) is 3.06. The van der Waals surface area contributed by atoms with Crippen molar-refractivity contribution < 1.29 is 11.3 Å². The lowest BCUT2D eigenvalue weighted by atomic mass is 9.81. The number of aryl methyl sites for hydroxylation is 1. The number of fused-ring (bicyclic) bond motifs is 2. The molecule has 1 spiro atoms. The molecule has 0 bridgehead atoms. The third-order valence-electron chi connectivity index (χ3n) is 6.72. The van der Waals surface area contributed by atoms with Gasteiger partial charge in [0.25, 0.3) is 5.91 Å². The van der Waals surface area contributed by atoms with Gasteiger partial charge in [0.15, 0.2) is 0 Å². The molecule has 1 fully saturated rings. The molecule has 0 radical (unpaired) electrons. The van der Waals surface area contributed by atoms with Crippen molar-refractivity contribution in [2.75, 3.05) is 26.7 Å². The number of likely N-dealkylation sites (tertiary alicyclic amines) is 1. The van der Waals surface area contributed by atoms with Crippen molar-refractivity contribution in [3.05, 3.63) is 58.9 Å². The lowest BCUT2D eigenvalue weighted by Crippen LogP contribution is -2.56. The van der Waals surface area contributed by atoms with Crippen molar-refractivity contribution in [1.29, 1.82) is 0 Å². The molecule has 1 amide bonds. The molecule has 2 aliphatic heterocycles. The smallest absolute Gasteiger partial charge is 0.253 e. The van der Waals surface area contributed by atoms with Crippen molar-refractivity contribution in [2.45, 2.75) is 51.3 Å². The monoisotopic (exact) mass is 383 g/mol. The first-order valence-corrected chi connectivity index (χ1v) is 10.2. The third-order valence-corrected chi connectivity index (χ3v) is 6.72. The Morgan fingerprint density at radius 2 is 1.86 bits per heavy atom. The highest BCUT2D eigenvalue weighted by atomic mass is 16.3. The van der Waals surface area contributed by atoms with Crippen molar-refractivity contribution in [3.63, 3.8) is 0 Å². The summed E-state index contributed by atoms with van der Waals surface area (Å²) in [5, 5.41) is 10.3. The highest BCUT2D eigenvalue weighted by molar-refractivity contribution is 5.94. The standard InChI is InChI=1S/C23H31N3O2.H2/c1-17-16-18(7-8-19(17)22(2,3)28)21(27)26-12-9-23(10-13-26)20-6-5-11-25(20)15-14-24(23)4;/h5-8,11,16,28H,9-10,12-15H2,1-4H3;1H. The van der Waals surface area contributed by atoms with Crippen LogP contribution in [-0.4, -0.2) is 52.1 Å². The zero-order valence-corrected chi connectivity index (χ0v) is 17.4. The summed E-state index contributed by atoms with van der Waals surface area (Å²) in [6.45, 7) is 9.12. The van der Waals surface area contributed by atoms with E-state index in [4.69, 9.17) is 0 Å². The van der Waals surface area contributed by atoms with E-state index in [-0.39, 0.29) is 12.9 Å². The minimum absolute atomic E-state index is 0. The molecule has 28 heavy (non-hydrogen) atoms. The molecule has 1 aromatic heterocycles. The molecule has 4 rings (SSSR count). The number of hydrogen-bond acceptors (Lipinski definition) is 3. The number of carbonyl (C=O) groups excluding carboxylic acids is 1. The van der Waals surface area contributed by atoms with Crippen LogP contribution in [0.15, 0.2) is 36.5 Å². The number of rotatable bonds is 2. The predicted molar refractivity (Wildman–Crippen MR) is 112 cm³/mol. The number of piperidine rings is 1. The summed E-state index contributed by atoms with van der Waals surface area (Å²) < 4.78 is 2.37. The Labute approximate surface area is 169 Å². The number of likely N-dealkylation sites (N-methyl/N-ethyl adjacent to an activating group) is 1. The highest BCUT2D eigenvalue weighted by Crippen LogP contribution is 2.40. The Bertz CT molecular complexity index is 892. The maximum absolute atomic E-state index is 13.1. The molecule has 5 nitrogen and oxygen atoms in total. The highest BCUT2D eigenvalue weighted by Gasteiger charge is 2.44. The molecular formula is C23H33N3O2. The fourth-order valence-corrected chi connectivity index (χ4v) is 5.08. The molecule has 1 saturated heterocycles. The molecule has 1 N–H and O–H groups in total. The van der Waals surface area contributed by atoms with Crippen LogP contribution in [0.25, 0.3) is 0 Å². The first kappa shape index (κ1) is 19.2. The zero-order chi connectivity index (χ0) is 20.1. The van der Waals surface area contributed by atoms with E-state index in [9.17, 15) is 9.90 Å². The van der Waals surface area contributed by atoms with Gasteiger partial charge in [-0.1, -0.05) is 6.07 Å². The van der Waals surface area contributed by atoms with Gasteiger partial charge in [-0.3, -0.25) is 9.69 Å². The van der Waals surface area contributed by atoms with Gasteiger partial charge in [0.2, 0.25) is 0 Å². The maximum atomic E-state index is 13.1. The van der Waals surface area contributed by atoms with E-state index >= 15 is 0 Å². The van der Waals surface area contributed by atoms with Gasteiger partial charge in [0.1, 0.15) is 0 Å². The second kappa shape index (κ2) is 6.75. The topological polar surface area (TPSA) is 48.7 Å². The third kappa shape index (κ3) is 3.07. The largest absolute Gasteiger partial charge is 0.386 e. The van der Waals surface area contributed by atoms with Gasteiger partial charge in [-0.25, -0.2) is 0 Å². The number of benzene rings is 1. The normalized spacial score (nSPS) is 19.7. The zero-order valence-electron chi connectivity index (χ0n) is 17.4. The molecular weight excluding hydrogens is 350 g/mol. The summed E-state index contributed by atoms with van der Waals surface area (Å²) in [4.78, 5) is 17.6. The van der Waals surface area contributed by atoms with Gasteiger partial charge in [-0.15, -0.1) is 0 Å². The fraction of sp³-hybridized carbons (Fsp3) is 0.522. The van der Waals surface area contributed by atoms with Crippen LogP contribution in [-0.2, 0) is 17.7 Å². The lowest BCUT2D eigenvalue weighted by molar-refractivity contribution is 0.0131. The lowest BCUT2D eigenvalue weighted by Gasteiger charge is -2.50. The molecule has 0 unspecified atom stereocenters. The number of aliphatic hydroxyl groups is 1. The van der Waals surface area contributed by atoms with Crippen molar-refractivity contribution in [3.8, 4) is 0 Å². The second-order valence-corrected chi connectivity index (χ2v) is 8.92. The molecule has 0 saturated carbocycles. The van der Waals surface area contributed by atoms with Gasteiger partial charge >= 0.3 is 0 Å². The minimum Gasteiger partial charge on any atom is -0.386 e. The van der Waals surface area contributed by atoms with Gasteiger partial charge in [0.05, 0.1) is 11.1 Å². The Morgan fingerprint density at radius 1 is 1.14 bits per heavy atom. The minimum atomic E-state index is -0.899. The number of hydrogen-bond donors (Lipinski definition) is 1. The van der Waals surface area contributed by atoms with Crippen LogP contribution in [0.4, 0.5) is 0 Å². The SMILES string of the molecule is Cc1cc(C(=O)N2CCC3(CC2)c2cccn2CCN3C)ccc1C(C)(C)O.[HH]. The van der Waals surface area contributed by atoms with Crippen molar-refractivity contribution >= 4 is 5.91 Å². The molecule has 1 aromatic carbocycles. The summed E-state index contributed by atoms with van der Waals surface area (Å²) >= 11 is 0. The van der Waals surface area contributed by atoms with E-state index in [1.807, 2.05) is 30.0 Å². The number of carbonyl (C=O) groups is 1. The molecule has 2 aliphatic rings. The Balaban J connectivity index is 0.00000240. The predicted octanol–water partition coefficient (Wildman–Crippen LogP) is 3.35. The van der Waals surface area contributed by atoms with Crippen LogP contribution >= 0.6 is 0 Å². The van der Waals surface area contributed by atoms with Crippen LogP contribution in [0.2, 0.25) is 0 Å². The molecule has 5 heteroatoms. The number of aromatic nitrogens is 1. The Kier molecular flexibility index (Phi) is 4.63. The van der Waals surface area contributed by atoms with E-state index in [0.29, 0.717) is 5.56 Å². The van der Waals surface area contributed by atoms with Gasteiger partial charge in [-0.2, -0.15) is 0 Å². The fourth-order valence-electron chi connectivity index (χ4n) is 5.08. The summed E-state index contributed by atoms with van der Waals surface area (Å²) in [7, 11) is 2.21. The summed E-state index contributed by atoms with van der Waals surface area (Å²) in [6, 6.07) is 10.0. The second-order valence-electron chi connectivity index (χ2n) is 8.92. The van der Waals surface area contributed by atoms with E-state index in [0.717, 1.165) is 50.1 Å².